The summed E-state index contributed by atoms with van der Waals surface area (Å²) >= 11 is 0. The molecule has 10 heteroatoms. The normalized spacial score (nSPS) is 11.3. The molecule has 0 unspecified atom stereocenters. The van der Waals surface area contributed by atoms with Crippen molar-refractivity contribution < 1.29 is 41.3 Å². The van der Waals surface area contributed by atoms with Gasteiger partial charge in [0, 0.05) is 6.07 Å². The molecule has 7 nitrogen and oxygen atoms in total. The second-order valence-corrected chi connectivity index (χ2v) is 7.62. The molecule has 0 amide bonds. The molecule has 186 valence electrons. The third kappa shape index (κ3) is 4.97. The highest BCUT2D eigenvalue weighted by Crippen LogP contribution is 2.39. The first-order chi connectivity index (χ1) is 17.1. The van der Waals surface area contributed by atoms with Gasteiger partial charge in [0.05, 0.1) is 25.2 Å². The van der Waals surface area contributed by atoms with Crippen LogP contribution in [0.3, 0.4) is 0 Å². The fourth-order valence-electron chi connectivity index (χ4n) is 3.43. The Bertz CT molecular complexity index is 1510. The first kappa shape index (κ1) is 24.6. The number of hydrogen-bond donors (Lipinski definition) is 0. The molecule has 3 aromatic carbocycles. The number of halogens is 3. The zero-order chi connectivity index (χ0) is 26.0. The van der Waals surface area contributed by atoms with Crippen LogP contribution in [0.25, 0.3) is 11.0 Å². The summed E-state index contributed by atoms with van der Waals surface area (Å²) in [5, 5.41) is -0.184. The maximum Gasteiger partial charge on any atom is 0.453 e. The molecule has 0 aliphatic carbocycles. The highest BCUT2D eigenvalue weighted by Gasteiger charge is 2.40. The van der Waals surface area contributed by atoms with Crippen molar-refractivity contribution >= 4 is 16.9 Å². The Morgan fingerprint density at radius 2 is 1.64 bits per heavy atom. The summed E-state index contributed by atoms with van der Waals surface area (Å²) in [6, 6.07) is 14.0. The standard InChI is InChI=1S/C26H19F3O7/c1-14-5-4-6-16(11-14)34-23-22(30)18-9-8-17(13-20(18)36-24(23)26(27,28)29)35-25(31)15-7-10-19(32-2)21(12-15)33-3/h4-13H,1-3H3. The average molecular weight is 500 g/mol. The minimum atomic E-state index is -5.03. The number of methoxy groups -OCH3 is 2. The number of fused-ring (bicyclic) bond motifs is 1. The molecule has 0 aliphatic heterocycles. The summed E-state index contributed by atoms with van der Waals surface area (Å²) in [6.07, 6.45) is -5.03. The molecule has 0 atom stereocenters. The first-order valence-electron chi connectivity index (χ1n) is 10.5. The van der Waals surface area contributed by atoms with Crippen LogP contribution < -0.4 is 24.4 Å². The average Bonchev–Trinajstić information content (AvgIpc) is 2.84. The number of hydrogen-bond acceptors (Lipinski definition) is 7. The van der Waals surface area contributed by atoms with Gasteiger partial charge in [-0.25, -0.2) is 4.79 Å². The Balaban J connectivity index is 1.72. The number of rotatable bonds is 6. The Labute approximate surface area is 202 Å². The van der Waals surface area contributed by atoms with Crippen LogP contribution in [-0.2, 0) is 6.18 Å². The van der Waals surface area contributed by atoms with Gasteiger partial charge in [-0.15, -0.1) is 0 Å². The van der Waals surface area contributed by atoms with E-state index in [1.165, 1.54) is 56.7 Å². The molecule has 36 heavy (non-hydrogen) atoms. The Morgan fingerprint density at radius 3 is 2.31 bits per heavy atom. The van der Waals surface area contributed by atoms with Crippen LogP contribution in [0.1, 0.15) is 21.7 Å². The van der Waals surface area contributed by atoms with Crippen LogP contribution >= 0.6 is 0 Å². The van der Waals surface area contributed by atoms with Gasteiger partial charge in [0.25, 0.3) is 5.76 Å². The van der Waals surface area contributed by atoms with Gasteiger partial charge in [0.1, 0.15) is 17.1 Å². The molecular formula is C26H19F3O7. The van der Waals surface area contributed by atoms with Gasteiger partial charge in [-0.3, -0.25) is 4.79 Å². The molecule has 0 spiro atoms. The summed E-state index contributed by atoms with van der Waals surface area (Å²) in [6.45, 7) is 1.73. The summed E-state index contributed by atoms with van der Waals surface area (Å²) < 4.78 is 67.3. The lowest BCUT2D eigenvalue weighted by atomic mass is 10.2. The predicted octanol–water partition coefficient (Wildman–Crippen LogP) is 6.15. The van der Waals surface area contributed by atoms with Gasteiger partial charge < -0.3 is 23.4 Å². The molecule has 1 heterocycles. The largest absolute Gasteiger partial charge is 0.493 e. The van der Waals surface area contributed by atoms with Crippen LogP contribution in [-0.4, -0.2) is 20.2 Å². The van der Waals surface area contributed by atoms with E-state index in [-0.39, 0.29) is 28.2 Å². The van der Waals surface area contributed by atoms with E-state index in [9.17, 15) is 22.8 Å². The lowest BCUT2D eigenvalue weighted by molar-refractivity contribution is -0.154. The van der Waals surface area contributed by atoms with E-state index in [1.54, 1.807) is 19.1 Å². The lowest BCUT2D eigenvalue weighted by Gasteiger charge is -2.14. The van der Waals surface area contributed by atoms with Crippen molar-refractivity contribution in [2.24, 2.45) is 0 Å². The molecule has 0 aliphatic rings. The number of ether oxygens (including phenoxy) is 4. The Kier molecular flexibility index (Phi) is 6.61. The van der Waals surface area contributed by atoms with Crippen LogP contribution in [0, 0.1) is 6.92 Å². The molecule has 0 bridgehead atoms. The van der Waals surface area contributed by atoms with Crippen molar-refractivity contribution in [3.05, 3.63) is 87.8 Å². The number of carbonyl (C=O) groups is 1. The summed E-state index contributed by atoms with van der Waals surface area (Å²) in [7, 11) is 2.83. The number of esters is 1. The van der Waals surface area contributed by atoms with Gasteiger partial charge in [-0.1, -0.05) is 12.1 Å². The fourth-order valence-corrected chi connectivity index (χ4v) is 3.43. The Morgan fingerprint density at radius 1 is 0.889 bits per heavy atom. The molecule has 0 N–H and O–H groups in total. The smallest absolute Gasteiger partial charge is 0.453 e. The number of aryl methyl sites for hydroxylation is 1. The lowest BCUT2D eigenvalue weighted by Crippen LogP contribution is -2.15. The fraction of sp³-hybridized carbons (Fsp3) is 0.154. The maximum absolute atomic E-state index is 13.8. The van der Waals surface area contributed by atoms with E-state index in [4.69, 9.17) is 23.4 Å². The zero-order valence-corrected chi connectivity index (χ0v) is 19.3. The molecule has 0 saturated heterocycles. The molecule has 0 saturated carbocycles. The second kappa shape index (κ2) is 9.65. The molecule has 4 rings (SSSR count). The molecule has 0 radical (unpaired) electrons. The Hall–Kier alpha value is -4.47. The second-order valence-electron chi connectivity index (χ2n) is 7.62. The van der Waals surface area contributed by atoms with Gasteiger partial charge in [0.2, 0.25) is 11.2 Å². The van der Waals surface area contributed by atoms with Gasteiger partial charge in [-0.05, 0) is 55.0 Å². The van der Waals surface area contributed by atoms with Crippen molar-refractivity contribution in [1.29, 1.82) is 0 Å². The third-order valence-corrected chi connectivity index (χ3v) is 5.12. The summed E-state index contributed by atoms with van der Waals surface area (Å²) in [5.41, 5.74) is -0.622. The highest BCUT2D eigenvalue weighted by molar-refractivity contribution is 5.92. The predicted molar refractivity (Wildman–Crippen MR) is 123 cm³/mol. The van der Waals surface area contributed by atoms with Crippen LogP contribution in [0.5, 0.6) is 28.7 Å². The van der Waals surface area contributed by atoms with Gasteiger partial charge in [-0.2, -0.15) is 13.2 Å². The van der Waals surface area contributed by atoms with Crippen LogP contribution in [0.15, 0.2) is 69.9 Å². The topological polar surface area (TPSA) is 84.2 Å². The van der Waals surface area contributed by atoms with Crippen molar-refractivity contribution in [1.82, 2.24) is 0 Å². The zero-order valence-electron chi connectivity index (χ0n) is 19.3. The van der Waals surface area contributed by atoms with Crippen LogP contribution in [0.2, 0.25) is 0 Å². The minimum absolute atomic E-state index is 0.0487. The van der Waals surface area contributed by atoms with E-state index in [1.807, 2.05) is 0 Å². The van der Waals surface area contributed by atoms with E-state index < -0.39 is 34.7 Å². The third-order valence-electron chi connectivity index (χ3n) is 5.12. The van der Waals surface area contributed by atoms with Crippen molar-refractivity contribution in [3.8, 4) is 28.7 Å². The SMILES string of the molecule is COc1ccc(C(=O)Oc2ccc3c(=O)c(Oc4cccc(C)c4)c(C(F)(F)F)oc3c2)cc1OC. The first-order valence-corrected chi connectivity index (χ1v) is 10.5. The maximum atomic E-state index is 13.8. The summed E-state index contributed by atoms with van der Waals surface area (Å²) in [4.78, 5) is 25.5. The quantitative estimate of drug-likeness (QED) is 0.232. The van der Waals surface area contributed by atoms with E-state index in [0.717, 1.165) is 11.6 Å². The van der Waals surface area contributed by atoms with Crippen molar-refractivity contribution in [3.63, 3.8) is 0 Å². The number of carbonyl (C=O) groups excluding carboxylic acids is 1. The minimum Gasteiger partial charge on any atom is -0.493 e. The monoisotopic (exact) mass is 500 g/mol. The van der Waals surface area contributed by atoms with E-state index >= 15 is 0 Å². The van der Waals surface area contributed by atoms with Crippen molar-refractivity contribution in [2.45, 2.75) is 13.1 Å². The van der Waals surface area contributed by atoms with Gasteiger partial charge in [0.15, 0.2) is 11.5 Å². The molecule has 1 aromatic heterocycles. The van der Waals surface area contributed by atoms with E-state index in [2.05, 4.69) is 0 Å². The molecular weight excluding hydrogens is 481 g/mol. The highest BCUT2D eigenvalue weighted by atomic mass is 19.4. The number of alkyl halides is 3. The summed E-state index contributed by atoms with van der Waals surface area (Å²) in [5.74, 6) is -2.82. The molecule has 4 aromatic rings. The van der Waals surface area contributed by atoms with Crippen molar-refractivity contribution in [2.75, 3.05) is 14.2 Å². The van der Waals surface area contributed by atoms with Crippen LogP contribution in [0.4, 0.5) is 13.2 Å². The van der Waals surface area contributed by atoms with Gasteiger partial charge >= 0.3 is 12.1 Å². The number of benzene rings is 3. The molecule has 0 fully saturated rings. The van der Waals surface area contributed by atoms with E-state index in [0.29, 0.717) is 5.75 Å².